The highest BCUT2D eigenvalue weighted by Gasteiger charge is 2.43. The Morgan fingerprint density at radius 2 is 1.93 bits per heavy atom. The summed E-state index contributed by atoms with van der Waals surface area (Å²) in [5.74, 6) is 1.26. The number of benzene rings is 2. The minimum Gasteiger partial charge on any atom is -0.493 e. The Labute approximate surface area is 234 Å². The lowest BCUT2D eigenvalue weighted by atomic mass is 9.83. The first-order valence-electron chi connectivity index (χ1n) is 14.3. The number of carbonyl (C=O) groups is 2. The number of amides is 2. The number of nitrogens with zero attached hydrogens (tertiary/aromatic N) is 2. The van der Waals surface area contributed by atoms with Gasteiger partial charge in [0.1, 0.15) is 17.1 Å². The maximum atomic E-state index is 13.7. The van der Waals surface area contributed by atoms with Crippen LogP contribution in [0.2, 0.25) is 0 Å². The van der Waals surface area contributed by atoms with Gasteiger partial charge in [0.15, 0.2) is 5.96 Å². The quantitative estimate of drug-likeness (QED) is 0.485. The van der Waals surface area contributed by atoms with E-state index in [1.54, 1.807) is 17.0 Å². The zero-order valence-corrected chi connectivity index (χ0v) is 23.4. The lowest BCUT2D eigenvalue weighted by Crippen LogP contribution is -2.53. The van der Waals surface area contributed by atoms with Crippen molar-refractivity contribution in [3.63, 3.8) is 0 Å². The van der Waals surface area contributed by atoms with Gasteiger partial charge in [0.2, 0.25) is 5.91 Å². The van der Waals surface area contributed by atoms with Crippen molar-refractivity contribution < 1.29 is 24.2 Å². The lowest BCUT2D eigenvalue weighted by Gasteiger charge is -2.42. The average Bonchev–Trinajstić information content (AvgIpc) is 2.91. The second kappa shape index (κ2) is 9.80. The third kappa shape index (κ3) is 4.70. The van der Waals surface area contributed by atoms with E-state index in [1.165, 1.54) is 0 Å². The summed E-state index contributed by atoms with van der Waals surface area (Å²) < 4.78 is 12.2. The molecule has 40 heavy (non-hydrogen) atoms. The molecule has 0 radical (unpaired) electrons. The number of nitrogens with one attached hydrogen (secondary N) is 1. The predicted octanol–water partition coefficient (Wildman–Crippen LogP) is 4.46. The first-order chi connectivity index (χ1) is 19.1. The number of ether oxygens (including phenoxy) is 2. The van der Waals surface area contributed by atoms with Gasteiger partial charge in [-0.3, -0.25) is 14.5 Å². The van der Waals surface area contributed by atoms with E-state index in [-0.39, 0.29) is 36.3 Å². The summed E-state index contributed by atoms with van der Waals surface area (Å²) in [5.41, 5.74) is 8.31. The Bertz CT molecular complexity index is 1390. The van der Waals surface area contributed by atoms with Gasteiger partial charge in [-0.15, -0.1) is 0 Å². The largest absolute Gasteiger partial charge is 0.493 e. The van der Waals surface area contributed by atoms with Gasteiger partial charge in [-0.05, 0) is 75.4 Å². The lowest BCUT2D eigenvalue weighted by molar-refractivity contribution is -0.132. The fourth-order valence-electron chi connectivity index (χ4n) is 6.72. The molecule has 0 aromatic heterocycles. The molecule has 5 aliphatic heterocycles. The molecule has 7 rings (SSSR count). The summed E-state index contributed by atoms with van der Waals surface area (Å²) >= 11 is 0. The number of aliphatic hydroxyl groups excluding tert-OH is 1. The fourth-order valence-corrected chi connectivity index (χ4v) is 6.72. The maximum absolute atomic E-state index is 13.7. The van der Waals surface area contributed by atoms with Gasteiger partial charge in [0, 0.05) is 29.5 Å². The third-order valence-corrected chi connectivity index (χ3v) is 8.90. The van der Waals surface area contributed by atoms with Crippen LogP contribution in [0.1, 0.15) is 111 Å². The summed E-state index contributed by atoms with van der Waals surface area (Å²) in [4.78, 5) is 33.8. The highest BCUT2D eigenvalue weighted by Crippen LogP contribution is 2.43. The zero-order valence-electron chi connectivity index (χ0n) is 23.4. The van der Waals surface area contributed by atoms with E-state index in [9.17, 15) is 14.7 Å². The van der Waals surface area contributed by atoms with Crippen LogP contribution >= 0.6 is 0 Å². The van der Waals surface area contributed by atoms with Gasteiger partial charge in [0.25, 0.3) is 5.91 Å². The number of guanidine groups is 1. The first-order valence-corrected chi connectivity index (χ1v) is 14.3. The molecule has 5 heterocycles. The van der Waals surface area contributed by atoms with Gasteiger partial charge >= 0.3 is 0 Å². The molecule has 2 amide bonds. The van der Waals surface area contributed by atoms with Crippen molar-refractivity contribution in [3.05, 3.63) is 58.7 Å². The molecular formula is C31H38N4O5. The topological polar surface area (TPSA) is 126 Å². The van der Waals surface area contributed by atoms with Crippen LogP contribution in [0.3, 0.4) is 0 Å². The molecule has 0 aliphatic carbocycles. The van der Waals surface area contributed by atoms with Crippen LogP contribution in [-0.2, 0) is 4.79 Å². The molecule has 0 fully saturated rings. The molecule has 6 bridgehead atoms. The van der Waals surface area contributed by atoms with Gasteiger partial charge in [-0.1, -0.05) is 13.0 Å². The Hall–Kier alpha value is -3.59. The van der Waals surface area contributed by atoms with Gasteiger partial charge in [-0.25, -0.2) is 4.99 Å². The monoisotopic (exact) mass is 546 g/mol. The van der Waals surface area contributed by atoms with Crippen LogP contribution in [0, 0.1) is 0 Å². The minimum absolute atomic E-state index is 0.0756. The molecule has 9 heteroatoms. The Balaban J connectivity index is 1.45. The first kappa shape index (κ1) is 26.6. The minimum atomic E-state index is -0.696. The third-order valence-electron chi connectivity index (χ3n) is 8.90. The molecule has 5 aliphatic rings. The van der Waals surface area contributed by atoms with Crippen LogP contribution in [-0.4, -0.2) is 45.5 Å². The van der Waals surface area contributed by atoms with E-state index in [0.29, 0.717) is 62.2 Å². The van der Waals surface area contributed by atoms with E-state index < -0.39 is 17.2 Å². The maximum Gasteiger partial charge on any atom is 0.251 e. The molecule has 212 valence electrons. The van der Waals surface area contributed by atoms with Gasteiger partial charge < -0.3 is 25.6 Å². The summed E-state index contributed by atoms with van der Waals surface area (Å²) in [6.45, 7) is 6.48. The number of carbonyl (C=O) groups excluding carboxylic acids is 2. The molecule has 4 N–H and O–H groups in total. The molecule has 1 unspecified atom stereocenters. The van der Waals surface area contributed by atoms with Crippen molar-refractivity contribution in [2.75, 3.05) is 6.61 Å². The summed E-state index contributed by atoms with van der Waals surface area (Å²) in [7, 11) is 0. The van der Waals surface area contributed by atoms with Crippen molar-refractivity contribution in [1.82, 2.24) is 10.2 Å². The number of hydrogen-bond donors (Lipinski definition) is 3. The van der Waals surface area contributed by atoms with Crippen molar-refractivity contribution >= 4 is 17.8 Å². The Kier molecular flexibility index (Phi) is 6.52. The molecule has 0 saturated heterocycles. The number of nitrogens with two attached hydrogens (primary N) is 1. The molecule has 9 nitrogen and oxygen atoms in total. The van der Waals surface area contributed by atoms with E-state index in [0.717, 1.165) is 16.7 Å². The van der Waals surface area contributed by atoms with Crippen molar-refractivity contribution in [1.29, 1.82) is 0 Å². The molecular weight excluding hydrogens is 508 g/mol. The van der Waals surface area contributed by atoms with E-state index >= 15 is 0 Å². The zero-order chi connectivity index (χ0) is 28.2. The molecule has 4 atom stereocenters. The Morgan fingerprint density at radius 3 is 2.70 bits per heavy atom. The standard InChI is InChI=1S/C31H38N4O5/c1-4-31-12-5-6-24(36)18-7-10-26-20(14-18)22(16-30(2,3)40-26)33-28(38)19-8-9-25-21(15-19)23(11-13-39-25)35(27(37)17-31)29(32)34-31/h7-10,14-15,22-24,36H,4-6,11-13,16-17H2,1-3H3,(H2,32,34)(H,33,38)/t22-,23+,24?,31+/m0/s1. The van der Waals surface area contributed by atoms with E-state index in [2.05, 4.69) is 5.32 Å². The molecule has 0 spiro atoms. The second-order valence-electron chi connectivity index (χ2n) is 12.2. The van der Waals surface area contributed by atoms with E-state index in [4.69, 9.17) is 20.2 Å². The molecule has 2 aromatic rings. The van der Waals surface area contributed by atoms with Crippen LogP contribution in [0.15, 0.2) is 41.4 Å². The highest BCUT2D eigenvalue weighted by atomic mass is 16.5. The summed E-state index contributed by atoms with van der Waals surface area (Å²) in [6.07, 6.45) is 3.21. The van der Waals surface area contributed by atoms with Crippen LogP contribution in [0.5, 0.6) is 11.5 Å². The van der Waals surface area contributed by atoms with E-state index in [1.807, 2.05) is 45.0 Å². The summed E-state index contributed by atoms with van der Waals surface area (Å²) in [6, 6.07) is 10.4. The average molecular weight is 547 g/mol. The number of aliphatic imine (C=N–C) groups is 1. The van der Waals surface area contributed by atoms with Gasteiger partial charge in [0.05, 0.1) is 36.8 Å². The smallest absolute Gasteiger partial charge is 0.251 e. The highest BCUT2D eigenvalue weighted by molar-refractivity contribution is 6.00. The van der Waals surface area contributed by atoms with Crippen molar-refractivity contribution in [3.8, 4) is 11.5 Å². The van der Waals surface area contributed by atoms with Crippen LogP contribution < -0.4 is 20.5 Å². The summed E-state index contributed by atoms with van der Waals surface area (Å²) in [5, 5.41) is 14.3. The normalized spacial score (nSPS) is 29.4. The number of aliphatic hydroxyl groups is 1. The Morgan fingerprint density at radius 1 is 1.12 bits per heavy atom. The molecule has 2 aromatic carbocycles. The SMILES string of the molecule is CC[C@@]12CCCC(O)c3ccc4c(c3)[C@H](CC(C)(C)O4)NC(=O)c3ccc4c(c3)[C@@H](CCO4)N(C(=O)C1)C(N)=N2. The number of fused-ring (bicyclic) bond motifs is 5. The number of rotatable bonds is 1. The van der Waals surface area contributed by atoms with Crippen LogP contribution in [0.25, 0.3) is 0 Å². The molecule has 0 saturated carbocycles. The number of hydrogen-bond acceptors (Lipinski definition) is 7. The predicted molar refractivity (Wildman–Crippen MR) is 150 cm³/mol. The second-order valence-corrected chi connectivity index (χ2v) is 12.2. The van der Waals surface area contributed by atoms with Crippen molar-refractivity contribution in [2.24, 2.45) is 10.7 Å². The van der Waals surface area contributed by atoms with Crippen LogP contribution in [0.4, 0.5) is 0 Å². The fraction of sp³-hybridized carbons (Fsp3) is 0.516. The van der Waals surface area contributed by atoms with Crippen molar-refractivity contribution in [2.45, 2.75) is 95.0 Å². The van der Waals surface area contributed by atoms with Gasteiger partial charge in [-0.2, -0.15) is 0 Å².